The van der Waals surface area contributed by atoms with E-state index in [9.17, 15) is 4.79 Å². The van der Waals surface area contributed by atoms with E-state index in [-0.39, 0.29) is 11.9 Å². The molecule has 2 aromatic carbocycles. The van der Waals surface area contributed by atoms with Crippen LogP contribution in [-0.4, -0.2) is 17.7 Å². The molecular weight excluding hydrogens is 356 g/mol. The molecule has 1 aromatic heterocycles. The molecule has 0 fully saturated rings. The molecule has 0 spiro atoms. The number of ether oxygens (including phenoxy) is 2. The Morgan fingerprint density at radius 1 is 1.21 bits per heavy atom. The normalized spacial score (nSPS) is 15.4. The molecule has 0 aliphatic carbocycles. The summed E-state index contributed by atoms with van der Waals surface area (Å²) in [6.07, 6.45) is 0.741. The lowest BCUT2D eigenvalue weighted by Crippen LogP contribution is -2.32. The van der Waals surface area contributed by atoms with Gasteiger partial charge >= 0.3 is 0 Å². The highest BCUT2D eigenvalue weighted by Crippen LogP contribution is 2.31. The van der Waals surface area contributed by atoms with E-state index in [0.717, 1.165) is 34.8 Å². The monoisotopic (exact) mass is 378 g/mol. The van der Waals surface area contributed by atoms with Crippen molar-refractivity contribution in [1.29, 1.82) is 0 Å². The van der Waals surface area contributed by atoms with E-state index in [1.165, 1.54) is 0 Å². The van der Waals surface area contributed by atoms with Gasteiger partial charge in [0.25, 0.3) is 5.91 Å². The molecule has 0 radical (unpaired) electrons. The first-order valence-corrected chi connectivity index (χ1v) is 9.29. The molecule has 0 saturated carbocycles. The van der Waals surface area contributed by atoms with Gasteiger partial charge in [-0.1, -0.05) is 29.4 Å². The molecule has 6 heteroatoms. The SMILES string of the molecule is Cc1noc(C)c1COc1cccc(C(=O)NC2CCOc3ccccc32)c1. The largest absolute Gasteiger partial charge is 0.493 e. The first-order chi connectivity index (χ1) is 13.6. The smallest absolute Gasteiger partial charge is 0.251 e. The third-order valence-corrected chi connectivity index (χ3v) is 4.92. The van der Waals surface area contributed by atoms with E-state index in [4.69, 9.17) is 14.0 Å². The Balaban J connectivity index is 1.45. The Morgan fingerprint density at radius 2 is 2.07 bits per heavy atom. The fourth-order valence-electron chi connectivity index (χ4n) is 3.32. The highest BCUT2D eigenvalue weighted by atomic mass is 16.5. The minimum absolute atomic E-state index is 0.0654. The summed E-state index contributed by atoms with van der Waals surface area (Å²) in [6, 6.07) is 14.9. The van der Waals surface area contributed by atoms with E-state index in [0.29, 0.717) is 24.5 Å². The van der Waals surface area contributed by atoms with Crippen molar-refractivity contribution in [3.63, 3.8) is 0 Å². The topological polar surface area (TPSA) is 73.6 Å². The summed E-state index contributed by atoms with van der Waals surface area (Å²) in [5.41, 5.74) is 3.30. The average Bonchev–Trinajstić information content (AvgIpc) is 3.04. The average molecular weight is 378 g/mol. The van der Waals surface area contributed by atoms with Crippen LogP contribution in [0.5, 0.6) is 11.5 Å². The highest BCUT2D eigenvalue weighted by Gasteiger charge is 2.23. The summed E-state index contributed by atoms with van der Waals surface area (Å²) in [6.45, 7) is 4.67. The van der Waals surface area contributed by atoms with Gasteiger partial charge < -0.3 is 19.3 Å². The number of hydrogen-bond acceptors (Lipinski definition) is 5. The van der Waals surface area contributed by atoms with Gasteiger partial charge in [-0.2, -0.15) is 0 Å². The predicted molar refractivity (Wildman–Crippen MR) is 104 cm³/mol. The van der Waals surface area contributed by atoms with Gasteiger partial charge in [-0.3, -0.25) is 4.79 Å². The van der Waals surface area contributed by atoms with Crippen molar-refractivity contribution in [3.05, 3.63) is 76.7 Å². The van der Waals surface area contributed by atoms with Gasteiger partial charge in [0.15, 0.2) is 0 Å². The molecule has 0 bridgehead atoms. The first-order valence-electron chi connectivity index (χ1n) is 9.29. The van der Waals surface area contributed by atoms with E-state index in [1.807, 2.05) is 50.2 Å². The number of carbonyl (C=O) groups excluding carboxylic acids is 1. The predicted octanol–water partition coefficient (Wildman–Crippen LogP) is 4.12. The van der Waals surface area contributed by atoms with E-state index in [2.05, 4.69) is 10.5 Å². The number of nitrogens with one attached hydrogen (secondary N) is 1. The van der Waals surface area contributed by atoms with Gasteiger partial charge in [0.1, 0.15) is 23.9 Å². The first kappa shape index (κ1) is 18.1. The van der Waals surface area contributed by atoms with Crippen LogP contribution in [0, 0.1) is 13.8 Å². The second-order valence-electron chi connectivity index (χ2n) is 6.82. The molecule has 1 N–H and O–H groups in total. The lowest BCUT2D eigenvalue weighted by Gasteiger charge is -2.26. The summed E-state index contributed by atoms with van der Waals surface area (Å²) in [4.78, 5) is 12.8. The molecule has 2 heterocycles. The van der Waals surface area contributed by atoms with Crippen molar-refractivity contribution in [2.45, 2.75) is 32.9 Å². The number of nitrogens with zero attached hydrogens (tertiary/aromatic N) is 1. The zero-order valence-corrected chi connectivity index (χ0v) is 15.9. The third-order valence-electron chi connectivity index (χ3n) is 4.92. The lowest BCUT2D eigenvalue weighted by molar-refractivity contribution is 0.0924. The van der Waals surface area contributed by atoms with Gasteiger partial charge in [0.2, 0.25) is 0 Å². The molecule has 1 amide bonds. The summed E-state index contributed by atoms with van der Waals surface area (Å²) >= 11 is 0. The third kappa shape index (κ3) is 3.71. The van der Waals surface area contributed by atoms with Crippen LogP contribution in [0.4, 0.5) is 0 Å². The number of amides is 1. The molecule has 144 valence electrons. The Kier molecular flexibility index (Phi) is 5.02. The molecule has 1 aliphatic heterocycles. The van der Waals surface area contributed by atoms with E-state index >= 15 is 0 Å². The molecule has 3 aromatic rings. The fraction of sp³-hybridized carbons (Fsp3) is 0.273. The lowest BCUT2D eigenvalue weighted by atomic mass is 10.00. The van der Waals surface area contributed by atoms with Crippen LogP contribution < -0.4 is 14.8 Å². The molecular formula is C22H22N2O4. The van der Waals surface area contributed by atoms with Crippen LogP contribution in [-0.2, 0) is 6.61 Å². The van der Waals surface area contributed by atoms with Gasteiger partial charge in [-0.25, -0.2) is 0 Å². The minimum Gasteiger partial charge on any atom is -0.493 e. The number of hydrogen-bond donors (Lipinski definition) is 1. The van der Waals surface area contributed by atoms with Crippen LogP contribution in [0.25, 0.3) is 0 Å². The van der Waals surface area contributed by atoms with Crippen molar-refractivity contribution in [2.24, 2.45) is 0 Å². The van der Waals surface area contributed by atoms with Gasteiger partial charge in [-0.05, 0) is 38.1 Å². The van der Waals surface area contributed by atoms with Crippen LogP contribution in [0.1, 0.15) is 45.4 Å². The number of aryl methyl sites for hydroxylation is 2. The number of para-hydroxylation sites is 1. The molecule has 1 atom stereocenters. The zero-order chi connectivity index (χ0) is 19.5. The summed E-state index contributed by atoms with van der Waals surface area (Å²) in [5, 5.41) is 7.04. The van der Waals surface area contributed by atoms with Crippen molar-refractivity contribution in [3.8, 4) is 11.5 Å². The Labute approximate surface area is 163 Å². The number of carbonyl (C=O) groups is 1. The Morgan fingerprint density at radius 3 is 2.89 bits per heavy atom. The number of benzene rings is 2. The Hall–Kier alpha value is -3.28. The highest BCUT2D eigenvalue weighted by molar-refractivity contribution is 5.94. The summed E-state index contributed by atoms with van der Waals surface area (Å²) in [7, 11) is 0. The fourth-order valence-corrected chi connectivity index (χ4v) is 3.32. The van der Waals surface area contributed by atoms with E-state index < -0.39 is 0 Å². The number of fused-ring (bicyclic) bond motifs is 1. The second kappa shape index (κ2) is 7.76. The Bertz CT molecular complexity index is 976. The maximum atomic E-state index is 12.8. The van der Waals surface area contributed by atoms with Crippen LogP contribution in [0.2, 0.25) is 0 Å². The second-order valence-corrected chi connectivity index (χ2v) is 6.82. The summed E-state index contributed by atoms with van der Waals surface area (Å²) < 4.78 is 16.7. The standard InChI is InChI=1S/C22H22N2O4/c1-14-19(15(2)28-24-14)13-27-17-7-5-6-16(12-17)22(25)23-20-10-11-26-21-9-4-3-8-18(20)21/h3-9,12,20H,10-11,13H2,1-2H3,(H,23,25). The number of rotatable bonds is 5. The van der Waals surface area contributed by atoms with Gasteiger partial charge in [-0.15, -0.1) is 0 Å². The molecule has 0 saturated heterocycles. The van der Waals surface area contributed by atoms with Crippen LogP contribution in [0.3, 0.4) is 0 Å². The van der Waals surface area contributed by atoms with Crippen molar-refractivity contribution in [1.82, 2.24) is 10.5 Å². The van der Waals surface area contributed by atoms with Crippen LogP contribution >= 0.6 is 0 Å². The zero-order valence-electron chi connectivity index (χ0n) is 15.9. The summed E-state index contributed by atoms with van der Waals surface area (Å²) in [5.74, 6) is 2.06. The maximum Gasteiger partial charge on any atom is 0.251 e. The minimum atomic E-state index is -0.135. The quantitative estimate of drug-likeness (QED) is 0.723. The maximum absolute atomic E-state index is 12.8. The molecule has 6 nitrogen and oxygen atoms in total. The van der Waals surface area contributed by atoms with Crippen LogP contribution in [0.15, 0.2) is 53.1 Å². The van der Waals surface area contributed by atoms with Crippen molar-refractivity contribution in [2.75, 3.05) is 6.61 Å². The molecule has 1 aliphatic rings. The van der Waals surface area contributed by atoms with Gasteiger partial charge in [0, 0.05) is 17.5 Å². The number of aromatic nitrogens is 1. The van der Waals surface area contributed by atoms with Crippen molar-refractivity contribution < 1.29 is 18.8 Å². The molecule has 28 heavy (non-hydrogen) atoms. The molecule has 4 rings (SSSR count). The van der Waals surface area contributed by atoms with E-state index in [1.54, 1.807) is 12.1 Å². The molecule has 1 unspecified atom stereocenters. The van der Waals surface area contributed by atoms with Crippen molar-refractivity contribution >= 4 is 5.91 Å². The van der Waals surface area contributed by atoms with Gasteiger partial charge in [0.05, 0.1) is 23.9 Å².